The van der Waals surface area contributed by atoms with E-state index < -0.39 is 0 Å². The van der Waals surface area contributed by atoms with Gasteiger partial charge in [0.05, 0.1) is 11.8 Å². The van der Waals surface area contributed by atoms with Gasteiger partial charge in [0.2, 0.25) is 0 Å². The van der Waals surface area contributed by atoms with Crippen LogP contribution in [0.2, 0.25) is 0 Å². The van der Waals surface area contributed by atoms with Gasteiger partial charge in [-0.15, -0.1) is 11.3 Å². The van der Waals surface area contributed by atoms with Crippen LogP contribution in [0.4, 0.5) is 0 Å². The first-order valence-corrected chi connectivity index (χ1v) is 8.42. The van der Waals surface area contributed by atoms with Gasteiger partial charge >= 0.3 is 5.97 Å². The summed E-state index contributed by atoms with van der Waals surface area (Å²) in [6, 6.07) is 8.36. The Kier molecular flexibility index (Phi) is 4.18. The number of aromatic nitrogens is 1. The molecule has 0 saturated carbocycles. The van der Waals surface area contributed by atoms with Crippen molar-refractivity contribution in [1.82, 2.24) is 4.98 Å². The molecule has 22 heavy (non-hydrogen) atoms. The van der Waals surface area contributed by atoms with Gasteiger partial charge in [-0.05, 0) is 43.2 Å². The van der Waals surface area contributed by atoms with E-state index in [0.29, 0.717) is 4.88 Å². The summed E-state index contributed by atoms with van der Waals surface area (Å²) in [5.74, 6) is -0.302. The van der Waals surface area contributed by atoms with Crippen LogP contribution in [-0.4, -0.2) is 18.1 Å². The van der Waals surface area contributed by atoms with Crippen molar-refractivity contribution in [3.8, 4) is 0 Å². The SMILES string of the molecule is COC(=O)c1cc2c(Sc3cc(C)cc(C)c3)cncc2s1. The van der Waals surface area contributed by atoms with Crippen molar-refractivity contribution in [1.29, 1.82) is 0 Å². The lowest BCUT2D eigenvalue weighted by atomic mass is 10.2. The minimum Gasteiger partial charge on any atom is -0.465 e. The minimum atomic E-state index is -0.302. The van der Waals surface area contributed by atoms with Crippen LogP contribution in [0.5, 0.6) is 0 Å². The maximum atomic E-state index is 11.7. The van der Waals surface area contributed by atoms with E-state index in [0.717, 1.165) is 15.0 Å². The molecule has 0 atom stereocenters. The van der Waals surface area contributed by atoms with Crippen molar-refractivity contribution in [3.63, 3.8) is 0 Å². The Bertz CT molecular complexity index is 835. The average molecular weight is 329 g/mol. The van der Waals surface area contributed by atoms with Crippen molar-refractivity contribution in [2.24, 2.45) is 0 Å². The number of ether oxygens (including phenoxy) is 1. The lowest BCUT2D eigenvalue weighted by Crippen LogP contribution is -1.96. The highest BCUT2D eigenvalue weighted by atomic mass is 32.2. The second-order valence-corrected chi connectivity index (χ2v) is 7.28. The molecular formula is C17H15NO2S2. The fraction of sp³-hybridized carbons (Fsp3) is 0.176. The summed E-state index contributed by atoms with van der Waals surface area (Å²) in [5, 5.41) is 1.05. The highest BCUT2D eigenvalue weighted by molar-refractivity contribution is 7.99. The molecule has 0 radical (unpaired) electrons. The average Bonchev–Trinajstić information content (AvgIpc) is 2.90. The Morgan fingerprint density at radius 3 is 2.55 bits per heavy atom. The number of pyridine rings is 1. The van der Waals surface area contributed by atoms with Crippen molar-refractivity contribution in [3.05, 3.63) is 52.7 Å². The first-order chi connectivity index (χ1) is 10.6. The standard InChI is InChI=1S/C17H15NO2S2/c1-10-4-11(2)6-12(5-10)21-15-8-18-9-16-13(15)7-14(22-16)17(19)20-3/h4-9H,1-3H3. The van der Waals surface area contributed by atoms with Gasteiger partial charge in [0.1, 0.15) is 4.88 Å². The summed E-state index contributed by atoms with van der Waals surface area (Å²) in [6.07, 6.45) is 3.64. The molecule has 2 heterocycles. The van der Waals surface area contributed by atoms with E-state index in [4.69, 9.17) is 4.74 Å². The van der Waals surface area contributed by atoms with Gasteiger partial charge in [-0.1, -0.05) is 17.8 Å². The molecular weight excluding hydrogens is 314 g/mol. The summed E-state index contributed by atoms with van der Waals surface area (Å²) in [5.41, 5.74) is 2.48. The first-order valence-electron chi connectivity index (χ1n) is 6.79. The smallest absolute Gasteiger partial charge is 0.348 e. The van der Waals surface area contributed by atoms with Crippen LogP contribution in [0, 0.1) is 13.8 Å². The maximum Gasteiger partial charge on any atom is 0.348 e. The maximum absolute atomic E-state index is 11.7. The van der Waals surface area contributed by atoms with Crippen LogP contribution in [0.25, 0.3) is 10.1 Å². The zero-order valence-electron chi connectivity index (χ0n) is 12.5. The molecule has 3 rings (SSSR count). The van der Waals surface area contributed by atoms with Crippen LogP contribution < -0.4 is 0 Å². The van der Waals surface area contributed by atoms with Gasteiger partial charge in [0, 0.05) is 27.6 Å². The summed E-state index contributed by atoms with van der Waals surface area (Å²) >= 11 is 3.08. The second kappa shape index (κ2) is 6.10. The fourth-order valence-corrected chi connectivity index (χ4v) is 4.51. The molecule has 0 spiro atoms. The zero-order chi connectivity index (χ0) is 15.7. The lowest BCUT2D eigenvalue weighted by Gasteiger charge is -2.05. The van der Waals surface area contributed by atoms with Gasteiger partial charge in [0.25, 0.3) is 0 Å². The van der Waals surface area contributed by atoms with Crippen LogP contribution in [-0.2, 0) is 4.74 Å². The molecule has 3 aromatic rings. The predicted molar refractivity (Wildman–Crippen MR) is 91.0 cm³/mol. The number of hydrogen-bond donors (Lipinski definition) is 0. The molecule has 0 aliphatic rings. The molecule has 0 bridgehead atoms. The number of fused-ring (bicyclic) bond motifs is 1. The highest BCUT2D eigenvalue weighted by Gasteiger charge is 2.13. The molecule has 0 aliphatic heterocycles. The van der Waals surface area contributed by atoms with Gasteiger partial charge in [-0.2, -0.15) is 0 Å². The number of rotatable bonds is 3. The number of benzene rings is 1. The third kappa shape index (κ3) is 3.00. The molecule has 3 nitrogen and oxygen atoms in total. The number of esters is 1. The predicted octanol–water partition coefficient (Wildman–Crippen LogP) is 4.85. The molecule has 0 saturated heterocycles. The van der Waals surface area contributed by atoms with Crippen LogP contribution in [0.15, 0.2) is 46.5 Å². The molecule has 1 aromatic carbocycles. The molecule has 0 unspecified atom stereocenters. The van der Waals surface area contributed by atoms with E-state index in [9.17, 15) is 4.79 Å². The summed E-state index contributed by atoms with van der Waals surface area (Å²) in [4.78, 5) is 18.8. The van der Waals surface area contributed by atoms with E-state index >= 15 is 0 Å². The summed E-state index contributed by atoms with van der Waals surface area (Å²) < 4.78 is 5.79. The monoisotopic (exact) mass is 329 g/mol. The van der Waals surface area contributed by atoms with Crippen LogP contribution in [0.1, 0.15) is 20.8 Å². The largest absolute Gasteiger partial charge is 0.465 e. The van der Waals surface area contributed by atoms with E-state index in [-0.39, 0.29) is 5.97 Å². The lowest BCUT2D eigenvalue weighted by molar-refractivity contribution is 0.0606. The molecule has 5 heteroatoms. The third-order valence-electron chi connectivity index (χ3n) is 3.22. The normalized spacial score (nSPS) is 10.9. The summed E-state index contributed by atoms with van der Waals surface area (Å²) in [7, 11) is 1.40. The number of aryl methyl sites for hydroxylation is 2. The van der Waals surface area contributed by atoms with Gasteiger partial charge in [-0.3, -0.25) is 4.98 Å². The van der Waals surface area contributed by atoms with Crippen molar-refractivity contribution in [2.75, 3.05) is 7.11 Å². The van der Waals surface area contributed by atoms with Gasteiger partial charge in [0.15, 0.2) is 0 Å². The van der Waals surface area contributed by atoms with Crippen LogP contribution >= 0.6 is 23.1 Å². The number of carbonyl (C=O) groups is 1. The van der Waals surface area contributed by atoms with E-state index in [1.807, 2.05) is 12.3 Å². The number of thiophene rings is 1. The summed E-state index contributed by atoms with van der Waals surface area (Å²) in [6.45, 7) is 4.19. The van der Waals surface area contributed by atoms with Crippen molar-refractivity contribution in [2.45, 2.75) is 23.6 Å². The number of hydrogen-bond acceptors (Lipinski definition) is 5. The van der Waals surface area contributed by atoms with Gasteiger partial charge in [-0.25, -0.2) is 4.79 Å². The fourth-order valence-electron chi connectivity index (χ4n) is 2.34. The Balaban J connectivity index is 2.03. The number of carbonyl (C=O) groups excluding carboxylic acids is 1. The number of methoxy groups -OCH3 is 1. The highest BCUT2D eigenvalue weighted by Crippen LogP contribution is 2.37. The Labute approximate surface area is 137 Å². The van der Waals surface area contributed by atoms with Crippen LogP contribution in [0.3, 0.4) is 0 Å². The molecule has 0 amide bonds. The van der Waals surface area contributed by atoms with Crippen molar-refractivity contribution < 1.29 is 9.53 Å². The van der Waals surface area contributed by atoms with E-state index in [2.05, 4.69) is 37.0 Å². The van der Waals surface area contributed by atoms with Gasteiger partial charge < -0.3 is 4.74 Å². The minimum absolute atomic E-state index is 0.302. The topological polar surface area (TPSA) is 39.2 Å². The first kappa shape index (κ1) is 15.1. The number of nitrogens with zero attached hydrogens (tertiary/aromatic N) is 1. The second-order valence-electron chi connectivity index (χ2n) is 5.08. The quantitative estimate of drug-likeness (QED) is 0.644. The Morgan fingerprint density at radius 1 is 1.14 bits per heavy atom. The third-order valence-corrected chi connectivity index (χ3v) is 5.29. The molecule has 112 valence electrons. The molecule has 0 N–H and O–H groups in total. The molecule has 0 fully saturated rings. The van der Waals surface area contributed by atoms with E-state index in [1.54, 1.807) is 18.0 Å². The molecule has 2 aromatic heterocycles. The zero-order valence-corrected chi connectivity index (χ0v) is 14.2. The Hall–Kier alpha value is -1.85. The van der Waals surface area contributed by atoms with Crippen molar-refractivity contribution >= 4 is 39.2 Å². The molecule has 0 aliphatic carbocycles. The Morgan fingerprint density at radius 2 is 1.86 bits per heavy atom. The van der Waals surface area contributed by atoms with E-state index in [1.165, 1.54) is 34.5 Å².